The number of carbonyl (C=O) groups excluding carboxylic acids is 1. The third kappa shape index (κ3) is 6.63. The summed E-state index contributed by atoms with van der Waals surface area (Å²) >= 11 is 0. The molecule has 1 fully saturated rings. The number of alkyl halides is 3. The number of hydrogen-bond donors (Lipinski definition) is 0. The molecule has 0 N–H and O–H groups in total. The molecule has 6 nitrogen and oxygen atoms in total. The van der Waals surface area contributed by atoms with Crippen LogP contribution in [0.15, 0.2) is 109 Å². The molecule has 0 atom stereocenters. The number of imidazole rings is 1. The highest BCUT2D eigenvalue weighted by atomic mass is 19.4. The van der Waals surface area contributed by atoms with Crippen LogP contribution in [0.2, 0.25) is 0 Å². The van der Waals surface area contributed by atoms with Crippen molar-refractivity contribution in [3.63, 3.8) is 0 Å². The third-order valence-electron chi connectivity index (χ3n) is 8.09. The van der Waals surface area contributed by atoms with Gasteiger partial charge in [-0.2, -0.15) is 13.2 Å². The SMILES string of the molecule is O=C(N(CCCN1CCN(c2ccccc2)CC1)c1cccc(-c2nc3ccccc3n2Cc2ccccc2)c1)C(F)(F)F. The van der Waals surface area contributed by atoms with Crippen LogP contribution in [0.4, 0.5) is 24.5 Å². The van der Waals surface area contributed by atoms with Gasteiger partial charge >= 0.3 is 12.1 Å². The molecule has 44 heavy (non-hydrogen) atoms. The predicted molar refractivity (Wildman–Crippen MR) is 169 cm³/mol. The van der Waals surface area contributed by atoms with Crippen molar-refractivity contribution in [3.05, 3.63) is 115 Å². The fourth-order valence-electron chi connectivity index (χ4n) is 5.86. The van der Waals surface area contributed by atoms with Crippen LogP contribution in [0.25, 0.3) is 22.4 Å². The van der Waals surface area contributed by atoms with E-state index in [1.165, 1.54) is 5.69 Å². The predicted octanol–water partition coefficient (Wildman–Crippen LogP) is 6.86. The van der Waals surface area contributed by atoms with Gasteiger partial charge in [-0.1, -0.05) is 72.8 Å². The molecule has 0 aliphatic carbocycles. The van der Waals surface area contributed by atoms with E-state index in [1.54, 1.807) is 18.2 Å². The lowest BCUT2D eigenvalue weighted by Gasteiger charge is -2.36. The standard InChI is InChI=1S/C35H34F3N5O/c36-35(37,38)34(44)42(20-10-19-40-21-23-41(24-22-40)29-14-5-2-6-15-29)30-16-9-13-28(25-30)33-39-31-17-7-8-18-32(31)43(33)26-27-11-3-1-4-12-27/h1-9,11-18,25H,10,19-24,26H2. The lowest BCUT2D eigenvalue weighted by Crippen LogP contribution is -2.47. The van der Waals surface area contributed by atoms with E-state index in [2.05, 4.69) is 26.5 Å². The van der Waals surface area contributed by atoms with Gasteiger partial charge in [0.2, 0.25) is 0 Å². The number of rotatable bonds is 9. The summed E-state index contributed by atoms with van der Waals surface area (Å²) in [7, 11) is 0. The molecule has 0 saturated carbocycles. The van der Waals surface area contributed by atoms with E-state index in [4.69, 9.17) is 4.98 Å². The van der Waals surface area contributed by atoms with Crippen LogP contribution in [-0.4, -0.2) is 65.8 Å². The number of aromatic nitrogens is 2. The fourth-order valence-corrected chi connectivity index (χ4v) is 5.86. The van der Waals surface area contributed by atoms with E-state index < -0.39 is 12.1 Å². The maximum absolute atomic E-state index is 13.8. The molecule has 1 saturated heterocycles. The normalized spacial score (nSPS) is 14.2. The summed E-state index contributed by atoms with van der Waals surface area (Å²) in [6.07, 6.45) is -4.57. The average molecular weight is 598 g/mol. The van der Waals surface area contributed by atoms with E-state index in [1.807, 2.05) is 78.9 Å². The number of para-hydroxylation sites is 3. The van der Waals surface area contributed by atoms with Crippen LogP contribution in [-0.2, 0) is 11.3 Å². The summed E-state index contributed by atoms with van der Waals surface area (Å²) in [4.78, 5) is 23.0. The van der Waals surface area contributed by atoms with E-state index in [-0.39, 0.29) is 12.2 Å². The smallest absolute Gasteiger partial charge is 0.369 e. The third-order valence-corrected chi connectivity index (χ3v) is 8.09. The molecule has 0 radical (unpaired) electrons. The minimum atomic E-state index is -4.99. The van der Waals surface area contributed by atoms with E-state index in [0.29, 0.717) is 30.9 Å². The zero-order valence-electron chi connectivity index (χ0n) is 24.3. The van der Waals surface area contributed by atoms with Crippen LogP contribution < -0.4 is 9.80 Å². The molecule has 9 heteroatoms. The number of piperazine rings is 1. The highest BCUT2D eigenvalue weighted by Crippen LogP contribution is 2.31. The molecule has 5 aromatic rings. The topological polar surface area (TPSA) is 44.6 Å². The number of benzene rings is 4. The van der Waals surface area contributed by atoms with Gasteiger partial charge in [-0.3, -0.25) is 9.69 Å². The summed E-state index contributed by atoms with van der Waals surface area (Å²) in [5, 5.41) is 0. The molecule has 6 rings (SSSR count). The Labute approximate surface area is 255 Å². The Bertz CT molecular complexity index is 1700. The van der Waals surface area contributed by atoms with Crippen molar-refractivity contribution in [2.45, 2.75) is 19.1 Å². The molecule has 2 heterocycles. The number of carbonyl (C=O) groups is 1. The van der Waals surface area contributed by atoms with Crippen LogP contribution in [0.5, 0.6) is 0 Å². The zero-order valence-corrected chi connectivity index (χ0v) is 24.3. The van der Waals surface area contributed by atoms with Crippen LogP contribution >= 0.6 is 0 Å². The van der Waals surface area contributed by atoms with Crippen LogP contribution in [0, 0.1) is 0 Å². The van der Waals surface area contributed by atoms with Crippen molar-refractivity contribution in [1.82, 2.24) is 14.5 Å². The van der Waals surface area contributed by atoms with Crippen molar-refractivity contribution < 1.29 is 18.0 Å². The molecule has 0 unspecified atom stereocenters. The Balaban J connectivity index is 1.21. The Morgan fingerprint density at radius 3 is 2.20 bits per heavy atom. The monoisotopic (exact) mass is 597 g/mol. The molecule has 0 spiro atoms. The van der Waals surface area contributed by atoms with Gasteiger partial charge in [0.05, 0.1) is 11.0 Å². The zero-order chi connectivity index (χ0) is 30.5. The highest BCUT2D eigenvalue weighted by molar-refractivity contribution is 5.97. The molecule has 1 amide bonds. The first-order chi connectivity index (χ1) is 21.4. The van der Waals surface area contributed by atoms with Gasteiger partial charge in [-0.15, -0.1) is 0 Å². The molecular formula is C35H34F3N5O. The minimum Gasteiger partial charge on any atom is -0.369 e. The molecule has 1 aliphatic rings. The quantitative estimate of drug-likeness (QED) is 0.186. The summed E-state index contributed by atoms with van der Waals surface area (Å²) in [6, 6.07) is 34.6. The van der Waals surface area contributed by atoms with Crippen LogP contribution in [0.1, 0.15) is 12.0 Å². The fraction of sp³-hybridized carbons (Fsp3) is 0.257. The van der Waals surface area contributed by atoms with Crippen LogP contribution in [0.3, 0.4) is 0 Å². The van der Waals surface area contributed by atoms with E-state index >= 15 is 0 Å². The average Bonchev–Trinajstić information content (AvgIpc) is 3.42. The largest absolute Gasteiger partial charge is 0.471 e. The lowest BCUT2D eigenvalue weighted by molar-refractivity contribution is -0.170. The number of amides is 1. The summed E-state index contributed by atoms with van der Waals surface area (Å²) < 4.78 is 43.5. The van der Waals surface area contributed by atoms with Crippen molar-refractivity contribution in [2.75, 3.05) is 49.1 Å². The molecule has 1 aromatic heterocycles. The second-order valence-electron chi connectivity index (χ2n) is 11.0. The van der Waals surface area contributed by atoms with Gasteiger partial charge in [0.15, 0.2) is 0 Å². The van der Waals surface area contributed by atoms with E-state index in [9.17, 15) is 18.0 Å². The Morgan fingerprint density at radius 1 is 0.795 bits per heavy atom. The summed E-state index contributed by atoms with van der Waals surface area (Å²) in [5.74, 6) is -1.23. The number of anilines is 2. The first kappa shape index (κ1) is 29.4. The van der Waals surface area contributed by atoms with Crippen molar-refractivity contribution in [3.8, 4) is 11.4 Å². The number of fused-ring (bicyclic) bond motifs is 1. The first-order valence-corrected chi connectivity index (χ1v) is 14.9. The highest BCUT2D eigenvalue weighted by Gasteiger charge is 2.43. The van der Waals surface area contributed by atoms with Gasteiger partial charge in [0.1, 0.15) is 5.82 Å². The molecule has 226 valence electrons. The Morgan fingerprint density at radius 2 is 1.48 bits per heavy atom. The first-order valence-electron chi connectivity index (χ1n) is 14.9. The number of halogens is 3. The van der Waals surface area contributed by atoms with Gasteiger partial charge in [0.25, 0.3) is 0 Å². The van der Waals surface area contributed by atoms with Crippen molar-refractivity contribution >= 4 is 28.3 Å². The van der Waals surface area contributed by atoms with Gasteiger partial charge in [-0.05, 0) is 54.9 Å². The molecular weight excluding hydrogens is 563 g/mol. The Kier molecular flexibility index (Phi) is 8.65. The van der Waals surface area contributed by atoms with Gasteiger partial charge < -0.3 is 14.4 Å². The molecule has 0 bridgehead atoms. The van der Waals surface area contributed by atoms with Gasteiger partial charge in [0, 0.05) is 56.2 Å². The van der Waals surface area contributed by atoms with Crippen molar-refractivity contribution in [1.29, 1.82) is 0 Å². The van der Waals surface area contributed by atoms with Crippen molar-refractivity contribution in [2.24, 2.45) is 0 Å². The number of nitrogens with zero attached hydrogens (tertiary/aromatic N) is 5. The maximum atomic E-state index is 13.8. The molecule has 1 aliphatic heterocycles. The number of hydrogen-bond acceptors (Lipinski definition) is 4. The summed E-state index contributed by atoms with van der Waals surface area (Å²) in [5.41, 5.74) is 4.81. The second-order valence-corrected chi connectivity index (χ2v) is 11.0. The summed E-state index contributed by atoms with van der Waals surface area (Å²) in [6.45, 7) is 4.44. The van der Waals surface area contributed by atoms with E-state index in [0.717, 1.165) is 47.7 Å². The Hall–Kier alpha value is -4.63. The molecule has 4 aromatic carbocycles. The minimum absolute atomic E-state index is 0.0405. The van der Waals surface area contributed by atoms with Gasteiger partial charge in [-0.25, -0.2) is 4.98 Å². The maximum Gasteiger partial charge on any atom is 0.471 e. The lowest BCUT2D eigenvalue weighted by atomic mass is 10.1. The second kappa shape index (κ2) is 12.9.